The van der Waals surface area contributed by atoms with Gasteiger partial charge in [-0.3, -0.25) is 9.59 Å². The standard InChI is InChI=1S/C16H20FNO3/c1-21-15(19)9-10-18(16(20)13-3-2-4-13)11-12-5-7-14(17)8-6-12/h5-8,13H,2-4,9-11H2,1H3. The second kappa shape index (κ2) is 7.20. The van der Waals surface area contributed by atoms with Crippen molar-refractivity contribution in [1.82, 2.24) is 4.90 Å². The van der Waals surface area contributed by atoms with E-state index in [4.69, 9.17) is 0 Å². The van der Waals surface area contributed by atoms with Crippen LogP contribution in [-0.2, 0) is 20.9 Å². The van der Waals surface area contributed by atoms with Crippen molar-refractivity contribution >= 4 is 11.9 Å². The molecule has 0 aromatic heterocycles. The molecule has 0 heterocycles. The Hall–Kier alpha value is -1.91. The Morgan fingerprint density at radius 1 is 1.29 bits per heavy atom. The minimum absolute atomic E-state index is 0.0723. The zero-order valence-electron chi connectivity index (χ0n) is 12.2. The number of esters is 1. The molecule has 0 spiro atoms. The summed E-state index contributed by atoms with van der Waals surface area (Å²) in [5.74, 6) is -0.483. The number of carbonyl (C=O) groups is 2. The van der Waals surface area contributed by atoms with Gasteiger partial charge in [0, 0.05) is 19.0 Å². The molecule has 5 heteroatoms. The van der Waals surface area contributed by atoms with E-state index < -0.39 is 0 Å². The van der Waals surface area contributed by atoms with E-state index >= 15 is 0 Å². The van der Waals surface area contributed by atoms with Crippen LogP contribution < -0.4 is 0 Å². The number of benzene rings is 1. The molecular weight excluding hydrogens is 273 g/mol. The highest BCUT2D eigenvalue weighted by molar-refractivity contribution is 5.80. The molecule has 21 heavy (non-hydrogen) atoms. The fraction of sp³-hybridized carbons (Fsp3) is 0.500. The second-order valence-corrected chi connectivity index (χ2v) is 5.34. The van der Waals surface area contributed by atoms with E-state index in [9.17, 15) is 14.0 Å². The van der Waals surface area contributed by atoms with Crippen molar-refractivity contribution in [3.8, 4) is 0 Å². The molecule has 1 aromatic carbocycles. The van der Waals surface area contributed by atoms with Crippen molar-refractivity contribution in [2.75, 3.05) is 13.7 Å². The highest BCUT2D eigenvalue weighted by Gasteiger charge is 2.29. The highest BCUT2D eigenvalue weighted by atomic mass is 19.1. The number of halogens is 1. The van der Waals surface area contributed by atoms with Crippen LogP contribution in [0, 0.1) is 11.7 Å². The smallest absolute Gasteiger partial charge is 0.307 e. The molecule has 1 saturated carbocycles. The van der Waals surface area contributed by atoms with Gasteiger partial charge in [0.05, 0.1) is 13.5 Å². The molecule has 0 aliphatic heterocycles. The summed E-state index contributed by atoms with van der Waals surface area (Å²) in [6.45, 7) is 0.728. The fourth-order valence-electron chi connectivity index (χ4n) is 2.32. The van der Waals surface area contributed by atoms with Crippen LogP contribution in [0.5, 0.6) is 0 Å². The van der Waals surface area contributed by atoms with Gasteiger partial charge in [-0.1, -0.05) is 18.6 Å². The van der Waals surface area contributed by atoms with E-state index in [1.165, 1.54) is 19.2 Å². The van der Waals surface area contributed by atoms with Crippen LogP contribution in [0.15, 0.2) is 24.3 Å². The summed E-state index contributed by atoms with van der Waals surface area (Å²) in [7, 11) is 1.33. The van der Waals surface area contributed by atoms with Crippen LogP contribution in [0.1, 0.15) is 31.2 Å². The molecule has 4 nitrogen and oxygen atoms in total. The number of rotatable bonds is 6. The summed E-state index contributed by atoms with van der Waals surface area (Å²) < 4.78 is 17.6. The van der Waals surface area contributed by atoms with Gasteiger partial charge in [0.15, 0.2) is 0 Å². The van der Waals surface area contributed by atoms with Crippen LogP contribution in [0.2, 0.25) is 0 Å². The quantitative estimate of drug-likeness (QED) is 0.757. The molecule has 1 amide bonds. The first-order valence-electron chi connectivity index (χ1n) is 7.20. The van der Waals surface area contributed by atoms with Crippen molar-refractivity contribution in [3.63, 3.8) is 0 Å². The number of nitrogens with zero attached hydrogens (tertiary/aromatic N) is 1. The van der Waals surface area contributed by atoms with Gasteiger partial charge in [0.1, 0.15) is 5.82 Å². The number of methoxy groups -OCH3 is 1. The van der Waals surface area contributed by atoms with E-state index in [1.54, 1.807) is 17.0 Å². The van der Waals surface area contributed by atoms with Gasteiger partial charge in [-0.2, -0.15) is 0 Å². The van der Waals surface area contributed by atoms with Gasteiger partial charge in [0.25, 0.3) is 0 Å². The van der Waals surface area contributed by atoms with Crippen LogP contribution in [0.3, 0.4) is 0 Å². The predicted molar refractivity (Wildman–Crippen MR) is 75.8 cm³/mol. The molecule has 1 fully saturated rings. The molecule has 1 aliphatic rings. The van der Waals surface area contributed by atoms with Crippen molar-refractivity contribution in [2.24, 2.45) is 5.92 Å². The van der Waals surface area contributed by atoms with Crippen molar-refractivity contribution < 1.29 is 18.7 Å². The predicted octanol–water partition coefficient (Wildman–Crippen LogP) is 2.52. The van der Waals surface area contributed by atoms with Gasteiger partial charge in [-0.25, -0.2) is 4.39 Å². The molecule has 0 unspecified atom stereocenters. The van der Waals surface area contributed by atoms with Crippen LogP contribution in [0.4, 0.5) is 4.39 Å². The topological polar surface area (TPSA) is 46.6 Å². The molecule has 114 valence electrons. The van der Waals surface area contributed by atoms with E-state index in [0.717, 1.165) is 24.8 Å². The molecule has 0 radical (unpaired) electrons. The van der Waals surface area contributed by atoms with Gasteiger partial charge in [-0.05, 0) is 30.5 Å². The average Bonchev–Trinajstić information content (AvgIpc) is 2.43. The first kappa shape index (κ1) is 15.5. The van der Waals surface area contributed by atoms with Crippen LogP contribution >= 0.6 is 0 Å². The first-order valence-corrected chi connectivity index (χ1v) is 7.20. The third-order valence-corrected chi connectivity index (χ3v) is 3.87. The molecular formula is C16H20FNO3. The number of carbonyl (C=O) groups excluding carboxylic acids is 2. The molecule has 1 aliphatic carbocycles. The molecule has 1 aromatic rings. The Balaban J connectivity index is 2.01. The largest absolute Gasteiger partial charge is 0.469 e. The lowest BCUT2D eigenvalue weighted by molar-refractivity contribution is -0.143. The summed E-state index contributed by atoms with van der Waals surface area (Å²) >= 11 is 0. The lowest BCUT2D eigenvalue weighted by atomic mass is 9.84. The van der Waals surface area contributed by atoms with Crippen molar-refractivity contribution in [3.05, 3.63) is 35.6 Å². The maximum Gasteiger partial charge on any atom is 0.307 e. The third-order valence-electron chi connectivity index (χ3n) is 3.87. The summed E-state index contributed by atoms with van der Waals surface area (Å²) in [4.78, 5) is 25.4. The molecule has 0 saturated heterocycles. The Labute approximate surface area is 123 Å². The molecule has 0 atom stereocenters. The zero-order chi connectivity index (χ0) is 15.2. The lowest BCUT2D eigenvalue weighted by Crippen LogP contribution is -2.39. The summed E-state index contributed by atoms with van der Waals surface area (Å²) in [6, 6.07) is 6.08. The van der Waals surface area contributed by atoms with Gasteiger partial charge >= 0.3 is 5.97 Å². The first-order chi connectivity index (χ1) is 10.1. The van der Waals surface area contributed by atoms with Crippen molar-refractivity contribution in [2.45, 2.75) is 32.2 Å². The minimum Gasteiger partial charge on any atom is -0.469 e. The second-order valence-electron chi connectivity index (χ2n) is 5.34. The Morgan fingerprint density at radius 2 is 1.95 bits per heavy atom. The number of hydrogen-bond donors (Lipinski definition) is 0. The zero-order valence-corrected chi connectivity index (χ0v) is 12.2. The summed E-state index contributed by atoms with van der Waals surface area (Å²) in [5.41, 5.74) is 0.855. The monoisotopic (exact) mass is 293 g/mol. The number of amides is 1. The van der Waals surface area contributed by atoms with Gasteiger partial charge in [-0.15, -0.1) is 0 Å². The summed E-state index contributed by atoms with van der Waals surface area (Å²) in [5, 5.41) is 0. The third kappa shape index (κ3) is 4.28. The van der Waals surface area contributed by atoms with Crippen LogP contribution in [0.25, 0.3) is 0 Å². The number of hydrogen-bond acceptors (Lipinski definition) is 3. The Kier molecular flexibility index (Phi) is 5.31. The Morgan fingerprint density at radius 3 is 2.48 bits per heavy atom. The minimum atomic E-state index is -0.333. The number of ether oxygens (including phenoxy) is 1. The Bertz CT molecular complexity index is 497. The maximum atomic E-state index is 12.9. The molecule has 0 N–H and O–H groups in total. The maximum absolute atomic E-state index is 12.9. The SMILES string of the molecule is COC(=O)CCN(Cc1ccc(F)cc1)C(=O)C1CCC1. The average molecular weight is 293 g/mol. The van der Waals surface area contributed by atoms with Crippen molar-refractivity contribution in [1.29, 1.82) is 0 Å². The fourth-order valence-corrected chi connectivity index (χ4v) is 2.32. The van der Waals surface area contributed by atoms with Gasteiger partial charge < -0.3 is 9.64 Å². The van der Waals surface area contributed by atoms with E-state index in [1.807, 2.05) is 0 Å². The highest BCUT2D eigenvalue weighted by Crippen LogP contribution is 2.28. The molecule has 0 bridgehead atoms. The summed E-state index contributed by atoms with van der Waals surface area (Å²) in [6.07, 6.45) is 3.09. The molecule has 2 rings (SSSR count). The normalized spacial score (nSPS) is 14.4. The van der Waals surface area contributed by atoms with E-state index in [0.29, 0.717) is 13.1 Å². The van der Waals surface area contributed by atoms with E-state index in [-0.39, 0.29) is 30.0 Å². The lowest BCUT2D eigenvalue weighted by Gasteiger charge is -2.31. The van der Waals surface area contributed by atoms with Gasteiger partial charge in [0.2, 0.25) is 5.91 Å². The van der Waals surface area contributed by atoms with E-state index in [2.05, 4.69) is 4.74 Å². The van der Waals surface area contributed by atoms with Crippen LogP contribution in [-0.4, -0.2) is 30.4 Å².